The third kappa shape index (κ3) is 3.73. The zero-order valence-electron chi connectivity index (χ0n) is 14.2. The summed E-state index contributed by atoms with van der Waals surface area (Å²) in [6, 6.07) is 6.40. The van der Waals surface area contributed by atoms with Crippen molar-refractivity contribution in [2.24, 2.45) is 5.92 Å². The smallest absolute Gasteiger partial charge is 0.322 e. The molecular weight excluding hydrogens is 342 g/mol. The summed E-state index contributed by atoms with van der Waals surface area (Å²) in [6.07, 6.45) is 3.87. The average Bonchev–Trinajstić information content (AvgIpc) is 3.26. The molecule has 2 aromatic rings. The molecule has 1 saturated carbocycles. The Balaban J connectivity index is 1.79. The summed E-state index contributed by atoms with van der Waals surface area (Å²) in [7, 11) is -3.39. The number of carbonyl (C=O) groups excluding carboxylic acids is 1. The van der Waals surface area contributed by atoms with Crippen molar-refractivity contribution >= 4 is 21.8 Å². The third-order valence-electron chi connectivity index (χ3n) is 4.41. The number of carbonyl (C=O) groups is 1. The van der Waals surface area contributed by atoms with Crippen LogP contribution in [0.15, 0.2) is 33.6 Å². The minimum atomic E-state index is -3.39. The summed E-state index contributed by atoms with van der Waals surface area (Å²) < 4.78 is 30.1. The average molecular weight is 363 g/mol. The van der Waals surface area contributed by atoms with E-state index in [4.69, 9.17) is 4.42 Å². The van der Waals surface area contributed by atoms with Crippen molar-refractivity contribution in [3.8, 4) is 11.5 Å². The second-order valence-corrected chi connectivity index (χ2v) is 9.01. The van der Waals surface area contributed by atoms with Crippen molar-refractivity contribution in [1.29, 1.82) is 0 Å². The molecule has 1 aliphatic carbocycles. The van der Waals surface area contributed by atoms with E-state index in [1.54, 1.807) is 26.0 Å². The van der Waals surface area contributed by atoms with Gasteiger partial charge in [0.15, 0.2) is 9.84 Å². The molecule has 1 fully saturated rings. The number of nitrogens with one attached hydrogen (secondary N) is 1. The maximum Gasteiger partial charge on any atom is 0.322 e. The van der Waals surface area contributed by atoms with Gasteiger partial charge in [-0.3, -0.25) is 10.1 Å². The number of benzene rings is 1. The lowest BCUT2D eigenvalue weighted by atomic mass is 10.1. The highest BCUT2D eigenvalue weighted by molar-refractivity contribution is 7.92. The van der Waals surface area contributed by atoms with Crippen LogP contribution in [0.1, 0.15) is 39.5 Å². The van der Waals surface area contributed by atoms with Gasteiger partial charge in [-0.25, -0.2) is 8.42 Å². The first kappa shape index (κ1) is 17.6. The maximum atomic E-state index is 12.3. The van der Waals surface area contributed by atoms with Crippen LogP contribution < -0.4 is 5.32 Å². The lowest BCUT2D eigenvalue weighted by Gasteiger charge is -2.08. The molecule has 3 rings (SSSR count). The van der Waals surface area contributed by atoms with Crippen LogP contribution in [0.5, 0.6) is 0 Å². The van der Waals surface area contributed by atoms with Gasteiger partial charge < -0.3 is 4.42 Å². The number of rotatable bonds is 5. The second-order valence-electron chi connectivity index (χ2n) is 6.50. The normalized spacial score (nSPS) is 15.6. The number of nitrogens with zero attached hydrogens (tertiary/aromatic N) is 2. The summed E-state index contributed by atoms with van der Waals surface area (Å²) in [6.45, 7) is 3.26. The molecule has 8 heteroatoms. The van der Waals surface area contributed by atoms with E-state index in [0.717, 1.165) is 25.7 Å². The summed E-state index contributed by atoms with van der Waals surface area (Å²) in [5, 5.41) is 9.86. The number of amides is 1. The predicted octanol–water partition coefficient (Wildman–Crippen LogP) is 3.05. The largest absolute Gasteiger partial charge is 0.403 e. The molecule has 0 spiro atoms. The first-order chi connectivity index (χ1) is 11.9. The molecule has 1 aromatic carbocycles. The highest BCUT2D eigenvalue weighted by atomic mass is 32.2. The van der Waals surface area contributed by atoms with Gasteiger partial charge in [-0.05, 0) is 44.9 Å². The molecule has 0 unspecified atom stereocenters. The topological polar surface area (TPSA) is 102 Å². The first-order valence-corrected chi connectivity index (χ1v) is 9.91. The predicted molar refractivity (Wildman–Crippen MR) is 92.6 cm³/mol. The Labute approximate surface area is 146 Å². The highest BCUT2D eigenvalue weighted by Gasteiger charge is 2.24. The molecular formula is C17H21N3O4S. The van der Waals surface area contributed by atoms with Gasteiger partial charge in [0.1, 0.15) is 0 Å². The number of aromatic nitrogens is 2. The Morgan fingerprint density at radius 3 is 2.64 bits per heavy atom. The minimum Gasteiger partial charge on any atom is -0.403 e. The molecule has 1 heterocycles. The molecule has 0 atom stereocenters. The van der Waals surface area contributed by atoms with Crippen LogP contribution in [0.25, 0.3) is 11.5 Å². The Bertz CT molecular complexity index is 868. The van der Waals surface area contributed by atoms with Gasteiger partial charge in [0, 0.05) is 11.5 Å². The van der Waals surface area contributed by atoms with Crippen molar-refractivity contribution in [3.63, 3.8) is 0 Å². The van der Waals surface area contributed by atoms with Gasteiger partial charge in [-0.15, -0.1) is 5.10 Å². The van der Waals surface area contributed by atoms with Crippen molar-refractivity contribution in [2.45, 2.75) is 49.7 Å². The maximum absolute atomic E-state index is 12.3. The molecule has 1 aliphatic rings. The van der Waals surface area contributed by atoms with E-state index in [0.29, 0.717) is 5.56 Å². The van der Waals surface area contributed by atoms with E-state index in [-0.39, 0.29) is 28.6 Å². The van der Waals surface area contributed by atoms with Crippen LogP contribution in [0.3, 0.4) is 0 Å². The fourth-order valence-corrected chi connectivity index (χ4v) is 3.97. The van der Waals surface area contributed by atoms with E-state index in [2.05, 4.69) is 15.5 Å². The quantitative estimate of drug-likeness (QED) is 0.876. The zero-order chi connectivity index (χ0) is 18.0. The van der Waals surface area contributed by atoms with Crippen LogP contribution in [-0.2, 0) is 14.6 Å². The van der Waals surface area contributed by atoms with Crippen LogP contribution in [0.2, 0.25) is 0 Å². The van der Waals surface area contributed by atoms with Gasteiger partial charge in [-0.2, -0.15) is 0 Å². The van der Waals surface area contributed by atoms with E-state index in [9.17, 15) is 13.2 Å². The fraction of sp³-hybridized carbons (Fsp3) is 0.471. The Morgan fingerprint density at radius 1 is 1.24 bits per heavy atom. The summed E-state index contributed by atoms with van der Waals surface area (Å²) in [5.41, 5.74) is 0.496. The number of hydrogen-bond donors (Lipinski definition) is 1. The van der Waals surface area contributed by atoms with E-state index in [1.165, 1.54) is 12.1 Å². The number of anilines is 1. The van der Waals surface area contributed by atoms with Crippen molar-refractivity contribution < 1.29 is 17.6 Å². The van der Waals surface area contributed by atoms with Crippen molar-refractivity contribution in [2.75, 3.05) is 5.32 Å². The number of sulfone groups is 1. The molecule has 1 amide bonds. The lowest BCUT2D eigenvalue weighted by molar-refractivity contribution is -0.119. The van der Waals surface area contributed by atoms with Gasteiger partial charge >= 0.3 is 6.01 Å². The number of hydrogen-bond acceptors (Lipinski definition) is 6. The highest BCUT2D eigenvalue weighted by Crippen LogP contribution is 2.27. The Hall–Kier alpha value is -2.22. The van der Waals surface area contributed by atoms with Crippen molar-refractivity contribution in [3.05, 3.63) is 24.3 Å². The molecule has 0 bridgehead atoms. The molecule has 0 aliphatic heterocycles. The molecule has 7 nitrogen and oxygen atoms in total. The molecule has 0 saturated heterocycles. The molecule has 134 valence electrons. The summed E-state index contributed by atoms with van der Waals surface area (Å²) in [5.74, 6) is 0.0567. The summed E-state index contributed by atoms with van der Waals surface area (Å²) in [4.78, 5) is 12.3. The van der Waals surface area contributed by atoms with Gasteiger partial charge in [0.2, 0.25) is 11.8 Å². The van der Waals surface area contributed by atoms with E-state index >= 15 is 0 Å². The zero-order valence-corrected chi connectivity index (χ0v) is 15.0. The van der Waals surface area contributed by atoms with Gasteiger partial charge in [-0.1, -0.05) is 24.0 Å². The van der Waals surface area contributed by atoms with E-state index < -0.39 is 15.1 Å². The lowest BCUT2D eigenvalue weighted by Crippen LogP contribution is -2.20. The SMILES string of the molecule is CC(C)S(=O)(=O)c1cccc(-c2nnc(NC(=O)C3CCCC3)o2)c1. The van der Waals surface area contributed by atoms with Crippen LogP contribution in [-0.4, -0.2) is 29.8 Å². The standard InChI is InChI=1S/C17H21N3O4S/c1-11(2)25(22,23)14-9-5-8-13(10-14)16-19-20-17(24-16)18-15(21)12-6-3-4-7-12/h5,8-12H,3-4,6-7H2,1-2H3,(H,18,20,21). The fourth-order valence-electron chi connectivity index (χ4n) is 2.86. The monoisotopic (exact) mass is 363 g/mol. The molecule has 1 N–H and O–H groups in total. The summed E-state index contributed by atoms with van der Waals surface area (Å²) >= 11 is 0. The Kier molecular flexibility index (Phi) is 4.89. The Morgan fingerprint density at radius 2 is 1.96 bits per heavy atom. The van der Waals surface area contributed by atoms with Crippen LogP contribution in [0.4, 0.5) is 6.01 Å². The molecule has 0 radical (unpaired) electrons. The molecule has 1 aromatic heterocycles. The van der Waals surface area contributed by atoms with Crippen molar-refractivity contribution in [1.82, 2.24) is 10.2 Å². The van der Waals surface area contributed by atoms with Crippen LogP contribution >= 0.6 is 0 Å². The minimum absolute atomic E-state index is 0.00476. The first-order valence-electron chi connectivity index (χ1n) is 8.36. The van der Waals surface area contributed by atoms with Gasteiger partial charge in [0.25, 0.3) is 0 Å². The second kappa shape index (κ2) is 6.95. The van der Waals surface area contributed by atoms with Gasteiger partial charge in [0.05, 0.1) is 10.1 Å². The third-order valence-corrected chi connectivity index (χ3v) is 6.56. The van der Waals surface area contributed by atoms with Crippen LogP contribution in [0, 0.1) is 5.92 Å². The molecule has 25 heavy (non-hydrogen) atoms. The van der Waals surface area contributed by atoms with E-state index in [1.807, 2.05) is 0 Å².